The van der Waals surface area contributed by atoms with E-state index in [2.05, 4.69) is 0 Å². The van der Waals surface area contributed by atoms with E-state index in [-0.39, 0.29) is 11.5 Å². The van der Waals surface area contributed by atoms with E-state index in [1.54, 1.807) is 48.5 Å². The molecule has 332 valence electrons. The number of carbonyl (C=O) groups is 8. The third-order valence-electron chi connectivity index (χ3n) is 8.28. The first-order chi connectivity index (χ1) is 28.8. The predicted molar refractivity (Wildman–Crippen MR) is 202 cm³/mol. The van der Waals surface area contributed by atoms with Crippen LogP contribution in [0.2, 0.25) is 0 Å². The number of hydrogen-bond acceptors (Lipinski definition) is 21. The lowest BCUT2D eigenvalue weighted by Gasteiger charge is -2.43. The van der Waals surface area contributed by atoms with Gasteiger partial charge in [0.15, 0.2) is 24.4 Å². The Morgan fingerprint density at radius 1 is 0.410 bits per heavy atom. The summed E-state index contributed by atoms with van der Waals surface area (Å²) in [4.78, 5) is 97.5. The zero-order chi connectivity index (χ0) is 45.0. The van der Waals surface area contributed by atoms with Crippen molar-refractivity contribution in [1.29, 1.82) is 0 Å². The minimum absolute atomic E-state index is 0.235. The van der Waals surface area contributed by atoms with E-state index >= 15 is 0 Å². The summed E-state index contributed by atoms with van der Waals surface area (Å²) < 4.78 is 67.0. The number of rotatable bonds is 16. The minimum atomic E-state index is -1.42. The number of carbonyl (C=O) groups excluding carboxylic acids is 8. The fraction of sp³-hybridized carbons (Fsp3) is 0.500. The van der Waals surface area contributed by atoms with Crippen molar-refractivity contribution in [2.75, 3.05) is 13.2 Å². The van der Waals surface area contributed by atoms with Crippen LogP contribution in [0.5, 0.6) is 11.5 Å². The molecule has 0 N–H and O–H groups in total. The average Bonchev–Trinajstić information content (AvgIpc) is 3.15. The summed E-state index contributed by atoms with van der Waals surface area (Å²) in [6.45, 7) is 8.19. The maximum absolute atomic E-state index is 12.2. The fourth-order valence-electron chi connectivity index (χ4n) is 6.14. The van der Waals surface area contributed by atoms with Gasteiger partial charge in [-0.1, -0.05) is 11.8 Å². The van der Waals surface area contributed by atoms with Gasteiger partial charge >= 0.3 is 47.8 Å². The minimum Gasteiger partial charge on any atom is -0.463 e. The van der Waals surface area contributed by atoms with Crippen LogP contribution in [0, 0.1) is 0 Å². The Kier molecular flexibility index (Phi) is 17.3. The van der Waals surface area contributed by atoms with Crippen LogP contribution in [-0.2, 0) is 85.7 Å². The van der Waals surface area contributed by atoms with Gasteiger partial charge in [0.1, 0.15) is 36.9 Å². The van der Waals surface area contributed by atoms with Crippen LogP contribution in [-0.4, -0.2) is 122 Å². The lowest BCUT2D eigenvalue weighted by Crippen LogP contribution is -2.63. The molecule has 0 bridgehead atoms. The van der Waals surface area contributed by atoms with Crippen molar-refractivity contribution >= 4 is 59.5 Å². The van der Waals surface area contributed by atoms with Crippen molar-refractivity contribution in [1.82, 2.24) is 0 Å². The van der Waals surface area contributed by atoms with E-state index in [4.69, 9.17) is 56.8 Å². The summed E-state index contributed by atoms with van der Waals surface area (Å²) in [5.74, 6) is -5.51. The van der Waals surface area contributed by atoms with Crippen LogP contribution in [0.15, 0.2) is 58.3 Å². The van der Waals surface area contributed by atoms with Gasteiger partial charge in [0.05, 0.1) is 0 Å². The van der Waals surface area contributed by atoms with Gasteiger partial charge in [-0.05, 0) is 48.5 Å². The normalized spacial score (nSPS) is 25.6. The first kappa shape index (κ1) is 47.7. The SMILES string of the molecule is CC(=O)OC[C@H]1O[C@@H](Oc2ccc(Sc3ccc(O[C@@H]4O[C@H](COC(C)=O)[C@@H](OC(C)=O)[C@H](OC(C)=O)[C@H]4OC(C)=O)cc3)cc2)[C@H](OC(C)=O)[C@@H](OC(C)=O)[C@@H]1OC(C)=O. The molecule has 2 aliphatic rings. The molecule has 10 atom stereocenters. The molecule has 2 fully saturated rings. The predicted octanol–water partition coefficient (Wildman–Crippen LogP) is 2.76. The molecule has 0 aromatic heterocycles. The average molecular weight is 879 g/mol. The molecule has 2 aromatic carbocycles. The van der Waals surface area contributed by atoms with Gasteiger partial charge in [0.2, 0.25) is 24.8 Å². The van der Waals surface area contributed by atoms with Crippen LogP contribution in [0.4, 0.5) is 0 Å². The quantitative estimate of drug-likeness (QED) is 0.174. The van der Waals surface area contributed by atoms with E-state index in [1.165, 1.54) is 11.8 Å². The topological polar surface area (TPSA) is 247 Å². The second-order valence-corrected chi connectivity index (χ2v) is 14.6. The van der Waals surface area contributed by atoms with Crippen molar-refractivity contribution in [3.8, 4) is 11.5 Å². The summed E-state index contributed by atoms with van der Waals surface area (Å²) >= 11 is 1.34. The number of hydrogen-bond donors (Lipinski definition) is 0. The smallest absolute Gasteiger partial charge is 0.303 e. The Hall–Kier alpha value is -5.93. The Morgan fingerprint density at radius 2 is 0.689 bits per heavy atom. The third kappa shape index (κ3) is 14.6. The first-order valence-electron chi connectivity index (χ1n) is 18.6. The van der Waals surface area contributed by atoms with Gasteiger partial charge in [-0.25, -0.2) is 0 Å². The molecular formula is C40H46O20S. The molecule has 0 saturated carbocycles. The van der Waals surface area contributed by atoms with E-state index in [9.17, 15) is 38.4 Å². The van der Waals surface area contributed by atoms with E-state index < -0.39 is 122 Å². The largest absolute Gasteiger partial charge is 0.463 e. The summed E-state index contributed by atoms with van der Waals surface area (Å²) in [5, 5.41) is 0. The molecule has 2 aliphatic heterocycles. The van der Waals surface area contributed by atoms with Gasteiger partial charge < -0.3 is 56.8 Å². The second-order valence-electron chi connectivity index (χ2n) is 13.4. The zero-order valence-electron chi connectivity index (χ0n) is 34.4. The molecule has 0 aliphatic carbocycles. The maximum Gasteiger partial charge on any atom is 0.303 e. The van der Waals surface area contributed by atoms with Gasteiger partial charge in [-0.3, -0.25) is 38.4 Å². The standard InChI is InChI=1S/C40H46O20S/c1-19(41)49-17-31-33(51-21(3)43)35(53-23(5)45)37(55-25(7)47)39(59-31)57-27-9-13-29(14-10-27)61-30-15-11-28(12-16-30)58-40-38(56-26(8)48)36(54-24(6)46)34(52-22(4)44)32(60-40)18-50-20(2)42/h9-16,31-40H,17-18H2,1-8H3/t31-,32-,33-,34-,35+,36+,37-,38-,39-,40-/m1/s1. The van der Waals surface area contributed by atoms with Crippen LogP contribution in [0.1, 0.15) is 55.4 Å². The molecule has 4 rings (SSSR count). The summed E-state index contributed by atoms with van der Waals surface area (Å²) in [5.41, 5.74) is 0. The van der Waals surface area contributed by atoms with Crippen molar-refractivity contribution < 1.29 is 95.2 Å². The van der Waals surface area contributed by atoms with Gasteiger partial charge in [0.25, 0.3) is 0 Å². The van der Waals surface area contributed by atoms with Crippen LogP contribution in [0.3, 0.4) is 0 Å². The van der Waals surface area contributed by atoms with Crippen molar-refractivity contribution in [2.24, 2.45) is 0 Å². The molecule has 61 heavy (non-hydrogen) atoms. The lowest BCUT2D eigenvalue weighted by atomic mass is 9.98. The molecule has 2 aromatic rings. The molecular weight excluding hydrogens is 832 g/mol. The van der Waals surface area contributed by atoms with Gasteiger partial charge in [-0.15, -0.1) is 0 Å². The Balaban J connectivity index is 1.52. The Bertz CT molecular complexity index is 1760. The molecule has 0 spiro atoms. The van der Waals surface area contributed by atoms with E-state index in [0.717, 1.165) is 65.2 Å². The Morgan fingerprint density at radius 3 is 0.967 bits per heavy atom. The maximum atomic E-state index is 12.2. The molecule has 0 radical (unpaired) electrons. The van der Waals surface area contributed by atoms with Crippen LogP contribution < -0.4 is 9.47 Å². The molecule has 0 amide bonds. The van der Waals surface area contributed by atoms with Gasteiger partial charge in [0, 0.05) is 65.2 Å². The second kappa shape index (κ2) is 22.1. The highest BCUT2D eigenvalue weighted by atomic mass is 32.2. The highest BCUT2D eigenvalue weighted by Crippen LogP contribution is 2.35. The van der Waals surface area contributed by atoms with E-state index in [1.807, 2.05) is 0 Å². The van der Waals surface area contributed by atoms with Crippen molar-refractivity contribution in [3.63, 3.8) is 0 Å². The number of benzene rings is 2. The molecule has 21 heteroatoms. The molecule has 2 saturated heterocycles. The van der Waals surface area contributed by atoms with Crippen molar-refractivity contribution in [2.45, 2.75) is 127 Å². The molecule has 0 unspecified atom stereocenters. The Labute approximate surface area is 353 Å². The lowest BCUT2D eigenvalue weighted by molar-refractivity contribution is -0.288. The van der Waals surface area contributed by atoms with Crippen molar-refractivity contribution in [3.05, 3.63) is 48.5 Å². The van der Waals surface area contributed by atoms with Gasteiger partial charge in [-0.2, -0.15) is 0 Å². The first-order valence-corrected chi connectivity index (χ1v) is 19.4. The zero-order valence-corrected chi connectivity index (χ0v) is 35.2. The third-order valence-corrected chi connectivity index (χ3v) is 9.30. The van der Waals surface area contributed by atoms with E-state index in [0.29, 0.717) is 0 Å². The van der Waals surface area contributed by atoms with Crippen LogP contribution >= 0.6 is 11.8 Å². The molecule has 2 heterocycles. The summed E-state index contributed by atoms with van der Waals surface area (Å²) in [6, 6.07) is 13.2. The monoisotopic (exact) mass is 878 g/mol. The number of ether oxygens (including phenoxy) is 12. The van der Waals surface area contributed by atoms with Crippen LogP contribution in [0.25, 0.3) is 0 Å². The highest BCUT2D eigenvalue weighted by molar-refractivity contribution is 7.99. The number of esters is 8. The summed E-state index contributed by atoms with van der Waals surface area (Å²) in [7, 11) is 0. The highest BCUT2D eigenvalue weighted by Gasteiger charge is 2.55. The summed E-state index contributed by atoms with van der Waals surface area (Å²) in [6.07, 6.45) is -13.5. The molecule has 20 nitrogen and oxygen atoms in total. The fourth-order valence-corrected chi connectivity index (χ4v) is 6.96.